The van der Waals surface area contributed by atoms with Gasteiger partial charge in [-0.1, -0.05) is 17.7 Å². The summed E-state index contributed by atoms with van der Waals surface area (Å²) in [5.74, 6) is 0.808. The van der Waals surface area contributed by atoms with E-state index >= 15 is 0 Å². The average molecular weight is 487 g/mol. The second kappa shape index (κ2) is 11.8. The standard InChI is InChI=1S/C25H32F2N6O2/c1-15-5-6-18(21(11-15)33(3)9-10-34)13-29-24-19(23(26)27)14-30-25(32-24)31-20-8-7-17(16(2)28)12-22(20)35-4/h7-8,10-12,14,18,21,23,28H,5-6,9,13H2,1-4H3,(H2,29,30,31,32). The van der Waals surface area contributed by atoms with E-state index in [1.165, 1.54) is 12.7 Å². The molecular weight excluding hydrogens is 454 g/mol. The zero-order valence-electron chi connectivity index (χ0n) is 20.4. The van der Waals surface area contributed by atoms with Crippen LogP contribution in [0.3, 0.4) is 0 Å². The van der Waals surface area contributed by atoms with Crippen LogP contribution in [0.4, 0.5) is 26.2 Å². The number of nitrogens with one attached hydrogen (secondary N) is 3. The van der Waals surface area contributed by atoms with Gasteiger partial charge in [0.15, 0.2) is 0 Å². The van der Waals surface area contributed by atoms with Gasteiger partial charge in [-0.25, -0.2) is 13.8 Å². The summed E-state index contributed by atoms with van der Waals surface area (Å²) >= 11 is 0. The second-order valence-electron chi connectivity index (χ2n) is 8.75. The van der Waals surface area contributed by atoms with Gasteiger partial charge in [-0.15, -0.1) is 0 Å². The molecule has 0 aliphatic heterocycles. The number of rotatable bonds is 11. The number of nitrogens with zero attached hydrogens (tertiary/aromatic N) is 3. The first kappa shape index (κ1) is 26.2. The van der Waals surface area contributed by atoms with E-state index in [4.69, 9.17) is 10.1 Å². The molecule has 188 valence electrons. The van der Waals surface area contributed by atoms with Crippen molar-refractivity contribution in [2.75, 3.05) is 37.9 Å². The van der Waals surface area contributed by atoms with Gasteiger partial charge in [-0.3, -0.25) is 4.90 Å². The number of allylic oxidation sites excluding steroid dienone is 1. The SMILES string of the molecule is COc1cc(C(C)=N)ccc1Nc1ncc(C(F)F)c(NCC2CCC(C)=CC2N(C)CC=O)n1. The maximum atomic E-state index is 13.7. The summed E-state index contributed by atoms with van der Waals surface area (Å²) < 4.78 is 32.8. The Morgan fingerprint density at radius 2 is 2.17 bits per heavy atom. The van der Waals surface area contributed by atoms with Crippen molar-refractivity contribution in [2.24, 2.45) is 5.92 Å². The van der Waals surface area contributed by atoms with Gasteiger partial charge in [-0.05, 0) is 57.4 Å². The first-order valence-corrected chi connectivity index (χ1v) is 11.4. The number of aldehydes is 1. The third kappa shape index (κ3) is 6.60. The number of alkyl halides is 2. The van der Waals surface area contributed by atoms with Crippen LogP contribution in [0.1, 0.15) is 44.2 Å². The molecule has 3 N–H and O–H groups in total. The Balaban J connectivity index is 1.82. The fourth-order valence-corrected chi connectivity index (χ4v) is 4.17. The van der Waals surface area contributed by atoms with E-state index in [1.54, 1.807) is 25.1 Å². The molecule has 1 heterocycles. The van der Waals surface area contributed by atoms with Crippen molar-refractivity contribution < 1.29 is 18.3 Å². The average Bonchev–Trinajstić information content (AvgIpc) is 2.83. The number of carbonyl (C=O) groups is 1. The van der Waals surface area contributed by atoms with E-state index in [0.717, 1.165) is 25.3 Å². The van der Waals surface area contributed by atoms with E-state index in [1.807, 2.05) is 11.9 Å². The number of halogens is 2. The van der Waals surface area contributed by atoms with Gasteiger partial charge in [0.05, 0.1) is 24.9 Å². The molecule has 3 rings (SSSR count). The van der Waals surface area contributed by atoms with Gasteiger partial charge in [-0.2, -0.15) is 4.98 Å². The molecule has 1 aromatic carbocycles. The molecule has 0 saturated carbocycles. The fourth-order valence-electron chi connectivity index (χ4n) is 4.17. The number of carbonyl (C=O) groups excluding carboxylic acids is 1. The molecule has 1 aliphatic rings. The van der Waals surface area contributed by atoms with Gasteiger partial charge in [0.1, 0.15) is 17.9 Å². The predicted molar refractivity (Wildman–Crippen MR) is 133 cm³/mol. The number of aromatic nitrogens is 2. The Bertz CT molecular complexity index is 1090. The molecule has 0 radical (unpaired) electrons. The lowest BCUT2D eigenvalue weighted by Gasteiger charge is -2.35. The molecule has 2 atom stereocenters. The Morgan fingerprint density at radius 1 is 1.40 bits per heavy atom. The molecule has 1 aromatic heterocycles. The molecule has 0 fully saturated rings. The van der Waals surface area contributed by atoms with Crippen molar-refractivity contribution in [3.8, 4) is 5.75 Å². The van der Waals surface area contributed by atoms with Crippen LogP contribution >= 0.6 is 0 Å². The zero-order chi connectivity index (χ0) is 25.5. The Hall–Kier alpha value is -3.40. The van der Waals surface area contributed by atoms with Crippen LogP contribution in [0.15, 0.2) is 36.0 Å². The van der Waals surface area contributed by atoms with Gasteiger partial charge in [0.2, 0.25) is 5.95 Å². The summed E-state index contributed by atoms with van der Waals surface area (Å²) in [4.78, 5) is 21.4. The van der Waals surface area contributed by atoms with Crippen molar-refractivity contribution in [1.29, 1.82) is 5.41 Å². The molecular formula is C25H32F2N6O2. The number of benzene rings is 1. The summed E-state index contributed by atoms with van der Waals surface area (Å²) in [5.41, 5.74) is 2.62. The highest BCUT2D eigenvalue weighted by atomic mass is 19.3. The summed E-state index contributed by atoms with van der Waals surface area (Å²) in [5, 5.41) is 13.9. The predicted octanol–water partition coefficient (Wildman–Crippen LogP) is 4.82. The minimum absolute atomic E-state index is 0.0240. The highest BCUT2D eigenvalue weighted by Crippen LogP contribution is 2.32. The third-order valence-corrected chi connectivity index (χ3v) is 6.18. The molecule has 2 aromatic rings. The first-order chi connectivity index (χ1) is 16.7. The lowest BCUT2D eigenvalue weighted by molar-refractivity contribution is -0.109. The molecule has 0 saturated heterocycles. The van der Waals surface area contributed by atoms with E-state index in [0.29, 0.717) is 35.8 Å². The molecule has 8 nitrogen and oxygen atoms in total. The van der Waals surface area contributed by atoms with Crippen LogP contribution in [-0.4, -0.2) is 60.2 Å². The normalized spacial score (nSPS) is 17.8. The van der Waals surface area contributed by atoms with Crippen LogP contribution in [0.25, 0.3) is 0 Å². The van der Waals surface area contributed by atoms with Gasteiger partial charge < -0.3 is 25.6 Å². The van der Waals surface area contributed by atoms with Crippen molar-refractivity contribution in [3.63, 3.8) is 0 Å². The Morgan fingerprint density at radius 3 is 2.83 bits per heavy atom. The highest BCUT2D eigenvalue weighted by Gasteiger charge is 2.27. The summed E-state index contributed by atoms with van der Waals surface area (Å²) in [7, 11) is 3.40. The van der Waals surface area contributed by atoms with E-state index in [-0.39, 0.29) is 29.3 Å². The number of hydrogen-bond acceptors (Lipinski definition) is 8. The second-order valence-corrected chi connectivity index (χ2v) is 8.75. The van der Waals surface area contributed by atoms with Crippen molar-refractivity contribution in [3.05, 3.63) is 47.2 Å². The van der Waals surface area contributed by atoms with E-state index < -0.39 is 6.43 Å². The topological polar surface area (TPSA) is 103 Å². The lowest BCUT2D eigenvalue weighted by atomic mass is 9.85. The van der Waals surface area contributed by atoms with Crippen LogP contribution < -0.4 is 15.4 Å². The fraction of sp³-hybridized carbons (Fsp3) is 0.440. The summed E-state index contributed by atoms with van der Waals surface area (Å²) in [6, 6.07) is 5.23. The smallest absolute Gasteiger partial charge is 0.268 e. The van der Waals surface area contributed by atoms with Gasteiger partial charge in [0.25, 0.3) is 6.43 Å². The number of hydrogen-bond donors (Lipinski definition) is 3. The number of ether oxygens (including phenoxy) is 1. The van der Waals surface area contributed by atoms with Gasteiger partial charge >= 0.3 is 0 Å². The van der Waals surface area contributed by atoms with Crippen molar-refractivity contribution in [1.82, 2.24) is 14.9 Å². The Kier molecular flexibility index (Phi) is 8.86. The molecule has 0 amide bonds. The summed E-state index contributed by atoms with van der Waals surface area (Å²) in [6.45, 7) is 4.46. The van der Waals surface area contributed by atoms with Crippen molar-refractivity contribution >= 4 is 29.5 Å². The maximum Gasteiger partial charge on any atom is 0.268 e. The monoisotopic (exact) mass is 486 g/mol. The van der Waals surface area contributed by atoms with Crippen LogP contribution in [0.2, 0.25) is 0 Å². The maximum absolute atomic E-state index is 13.7. The highest BCUT2D eigenvalue weighted by molar-refractivity contribution is 5.97. The lowest BCUT2D eigenvalue weighted by Crippen LogP contribution is -2.42. The zero-order valence-corrected chi connectivity index (χ0v) is 20.4. The minimum Gasteiger partial charge on any atom is -0.495 e. The number of likely N-dealkylation sites (N-methyl/N-ethyl adjacent to an activating group) is 1. The van der Waals surface area contributed by atoms with Crippen LogP contribution in [-0.2, 0) is 4.79 Å². The Labute approximate surface area is 204 Å². The molecule has 0 spiro atoms. The van der Waals surface area contributed by atoms with Crippen LogP contribution in [0, 0.1) is 11.3 Å². The third-order valence-electron chi connectivity index (χ3n) is 6.18. The van der Waals surface area contributed by atoms with E-state index in [2.05, 4.69) is 33.6 Å². The molecule has 10 heteroatoms. The van der Waals surface area contributed by atoms with E-state index in [9.17, 15) is 13.6 Å². The summed E-state index contributed by atoms with van der Waals surface area (Å²) in [6.07, 6.45) is 3.18. The van der Waals surface area contributed by atoms with Crippen LogP contribution in [0.5, 0.6) is 5.75 Å². The number of methoxy groups -OCH3 is 1. The largest absolute Gasteiger partial charge is 0.495 e. The molecule has 1 aliphatic carbocycles. The minimum atomic E-state index is -2.74. The molecule has 0 bridgehead atoms. The molecule has 35 heavy (non-hydrogen) atoms. The van der Waals surface area contributed by atoms with Crippen molar-refractivity contribution in [2.45, 2.75) is 39.2 Å². The number of anilines is 3. The van der Waals surface area contributed by atoms with Gasteiger partial charge in [0, 0.05) is 24.5 Å². The molecule has 2 unspecified atom stereocenters. The first-order valence-electron chi connectivity index (χ1n) is 11.4. The quantitative estimate of drug-likeness (QED) is 0.238.